The molecule has 13 heavy (non-hydrogen) atoms. The Morgan fingerprint density at radius 1 is 1.46 bits per heavy atom. The standard InChI is InChI=1S/C10H17ClF2/c1-7(8(2)11)5-9-3-4-10(12,13)6-9/h7-9H,3-6H2,1-2H3. The van der Waals surface area contributed by atoms with Crippen LogP contribution in [0.2, 0.25) is 0 Å². The summed E-state index contributed by atoms with van der Waals surface area (Å²) < 4.78 is 25.6. The lowest BCUT2D eigenvalue weighted by atomic mass is 9.92. The van der Waals surface area contributed by atoms with Crippen LogP contribution < -0.4 is 0 Å². The molecule has 0 aromatic heterocycles. The van der Waals surface area contributed by atoms with E-state index in [1.165, 1.54) is 0 Å². The highest BCUT2D eigenvalue weighted by Crippen LogP contribution is 2.42. The summed E-state index contributed by atoms with van der Waals surface area (Å²) in [6, 6.07) is 0. The van der Waals surface area contributed by atoms with Crippen molar-refractivity contribution in [1.29, 1.82) is 0 Å². The lowest BCUT2D eigenvalue weighted by molar-refractivity contribution is 0.00415. The molecule has 1 saturated carbocycles. The summed E-state index contributed by atoms with van der Waals surface area (Å²) in [5.74, 6) is -1.87. The minimum absolute atomic E-state index is 0.0704. The normalized spacial score (nSPS) is 31.6. The van der Waals surface area contributed by atoms with Gasteiger partial charge < -0.3 is 0 Å². The third kappa shape index (κ3) is 3.41. The molecule has 0 aromatic rings. The van der Waals surface area contributed by atoms with Gasteiger partial charge in [-0.3, -0.25) is 0 Å². The molecule has 3 atom stereocenters. The van der Waals surface area contributed by atoms with E-state index in [-0.39, 0.29) is 24.1 Å². The first-order valence-corrected chi connectivity index (χ1v) is 5.36. The molecule has 0 N–H and O–H groups in total. The second-order valence-electron chi connectivity index (χ2n) is 4.36. The van der Waals surface area contributed by atoms with Crippen LogP contribution in [0.15, 0.2) is 0 Å². The quantitative estimate of drug-likeness (QED) is 0.616. The van der Waals surface area contributed by atoms with Crippen molar-refractivity contribution in [2.45, 2.75) is 50.8 Å². The van der Waals surface area contributed by atoms with E-state index >= 15 is 0 Å². The lowest BCUT2D eigenvalue weighted by Gasteiger charge is -2.18. The molecule has 78 valence electrons. The highest BCUT2D eigenvalue weighted by atomic mass is 35.5. The van der Waals surface area contributed by atoms with Crippen molar-refractivity contribution in [2.75, 3.05) is 0 Å². The maximum atomic E-state index is 12.8. The fourth-order valence-corrected chi connectivity index (χ4v) is 2.06. The van der Waals surface area contributed by atoms with E-state index in [1.807, 2.05) is 13.8 Å². The van der Waals surface area contributed by atoms with Gasteiger partial charge >= 0.3 is 0 Å². The second kappa shape index (κ2) is 4.12. The van der Waals surface area contributed by atoms with Crippen LogP contribution in [-0.4, -0.2) is 11.3 Å². The first kappa shape index (κ1) is 11.2. The third-order valence-corrected chi connectivity index (χ3v) is 3.43. The minimum atomic E-state index is -2.40. The Morgan fingerprint density at radius 2 is 2.08 bits per heavy atom. The molecular weight excluding hydrogens is 194 g/mol. The Bertz CT molecular complexity index is 168. The predicted octanol–water partition coefficient (Wildman–Crippen LogP) is 4.08. The molecule has 1 rings (SSSR count). The van der Waals surface area contributed by atoms with Gasteiger partial charge in [-0.2, -0.15) is 0 Å². The smallest absolute Gasteiger partial charge is 0.207 e. The minimum Gasteiger partial charge on any atom is -0.207 e. The average molecular weight is 211 g/mol. The number of alkyl halides is 3. The van der Waals surface area contributed by atoms with Crippen molar-refractivity contribution in [3.8, 4) is 0 Å². The van der Waals surface area contributed by atoms with Gasteiger partial charge in [0.1, 0.15) is 0 Å². The van der Waals surface area contributed by atoms with E-state index in [0.29, 0.717) is 12.3 Å². The highest BCUT2D eigenvalue weighted by Gasteiger charge is 2.39. The zero-order valence-electron chi connectivity index (χ0n) is 8.19. The van der Waals surface area contributed by atoms with Gasteiger partial charge in [0.25, 0.3) is 0 Å². The molecule has 3 heteroatoms. The van der Waals surface area contributed by atoms with E-state index < -0.39 is 5.92 Å². The third-order valence-electron chi connectivity index (χ3n) is 2.99. The van der Waals surface area contributed by atoms with Crippen molar-refractivity contribution in [3.63, 3.8) is 0 Å². The van der Waals surface area contributed by atoms with Crippen molar-refractivity contribution in [2.24, 2.45) is 11.8 Å². The molecule has 0 aliphatic heterocycles. The molecule has 1 aliphatic carbocycles. The molecule has 0 saturated heterocycles. The van der Waals surface area contributed by atoms with Gasteiger partial charge in [-0.25, -0.2) is 8.78 Å². The molecule has 0 bridgehead atoms. The van der Waals surface area contributed by atoms with Crippen LogP contribution in [0.4, 0.5) is 8.78 Å². The van der Waals surface area contributed by atoms with Crippen LogP contribution in [0.25, 0.3) is 0 Å². The fraction of sp³-hybridized carbons (Fsp3) is 1.00. The molecular formula is C10H17ClF2. The Labute approximate surface area is 83.7 Å². The van der Waals surface area contributed by atoms with Crippen LogP contribution in [0, 0.1) is 11.8 Å². The van der Waals surface area contributed by atoms with Crippen LogP contribution in [0.3, 0.4) is 0 Å². The summed E-state index contributed by atoms with van der Waals surface area (Å²) in [6.45, 7) is 3.97. The molecule has 1 fully saturated rings. The molecule has 1 aliphatic rings. The van der Waals surface area contributed by atoms with Crippen LogP contribution in [0.5, 0.6) is 0 Å². The Balaban J connectivity index is 2.32. The van der Waals surface area contributed by atoms with Gasteiger partial charge in [0.15, 0.2) is 0 Å². The number of hydrogen-bond donors (Lipinski definition) is 0. The van der Waals surface area contributed by atoms with E-state index in [2.05, 4.69) is 0 Å². The Morgan fingerprint density at radius 3 is 2.46 bits per heavy atom. The molecule has 0 heterocycles. The second-order valence-corrected chi connectivity index (χ2v) is 5.04. The predicted molar refractivity (Wildman–Crippen MR) is 51.4 cm³/mol. The summed E-state index contributed by atoms with van der Waals surface area (Å²) in [4.78, 5) is 0. The molecule has 0 aromatic carbocycles. The summed E-state index contributed by atoms with van der Waals surface area (Å²) in [7, 11) is 0. The van der Waals surface area contributed by atoms with Crippen LogP contribution in [0.1, 0.15) is 39.5 Å². The van der Waals surface area contributed by atoms with Gasteiger partial charge in [-0.15, -0.1) is 11.6 Å². The highest BCUT2D eigenvalue weighted by molar-refractivity contribution is 6.20. The van der Waals surface area contributed by atoms with Crippen molar-refractivity contribution in [3.05, 3.63) is 0 Å². The molecule has 0 spiro atoms. The summed E-state index contributed by atoms with van der Waals surface area (Å²) in [5.41, 5.74) is 0. The largest absolute Gasteiger partial charge is 0.248 e. The van der Waals surface area contributed by atoms with Crippen LogP contribution in [-0.2, 0) is 0 Å². The zero-order chi connectivity index (χ0) is 10.1. The zero-order valence-corrected chi connectivity index (χ0v) is 8.95. The number of rotatable bonds is 3. The summed E-state index contributed by atoms with van der Waals surface area (Å²) in [6.07, 6.45) is 1.66. The van der Waals surface area contributed by atoms with Gasteiger partial charge in [-0.1, -0.05) is 6.92 Å². The SMILES string of the molecule is CC(Cl)C(C)CC1CCC(F)(F)C1. The maximum Gasteiger partial charge on any atom is 0.248 e. The van der Waals surface area contributed by atoms with E-state index in [9.17, 15) is 8.78 Å². The Kier molecular flexibility index (Phi) is 3.56. The topological polar surface area (TPSA) is 0 Å². The van der Waals surface area contributed by atoms with Gasteiger partial charge in [-0.05, 0) is 31.6 Å². The summed E-state index contributed by atoms with van der Waals surface area (Å²) >= 11 is 5.89. The van der Waals surface area contributed by atoms with E-state index in [4.69, 9.17) is 11.6 Å². The van der Waals surface area contributed by atoms with Gasteiger partial charge in [0.2, 0.25) is 5.92 Å². The van der Waals surface area contributed by atoms with Crippen molar-refractivity contribution in [1.82, 2.24) is 0 Å². The van der Waals surface area contributed by atoms with Crippen LogP contribution >= 0.6 is 11.6 Å². The summed E-state index contributed by atoms with van der Waals surface area (Å²) in [5, 5.41) is 0.0919. The first-order chi connectivity index (χ1) is 5.91. The average Bonchev–Trinajstić information content (AvgIpc) is 2.30. The Hall–Kier alpha value is 0.150. The molecule has 0 radical (unpaired) electrons. The molecule has 3 unspecified atom stereocenters. The number of halogens is 3. The first-order valence-electron chi connectivity index (χ1n) is 4.92. The van der Waals surface area contributed by atoms with Crippen molar-refractivity contribution < 1.29 is 8.78 Å². The van der Waals surface area contributed by atoms with E-state index in [1.54, 1.807) is 0 Å². The lowest BCUT2D eigenvalue weighted by Crippen LogP contribution is -2.14. The maximum absolute atomic E-state index is 12.8. The van der Waals surface area contributed by atoms with Gasteiger partial charge in [0, 0.05) is 18.2 Å². The molecule has 0 nitrogen and oxygen atoms in total. The fourth-order valence-electron chi connectivity index (χ4n) is 1.96. The molecule has 0 amide bonds. The van der Waals surface area contributed by atoms with Gasteiger partial charge in [0.05, 0.1) is 0 Å². The monoisotopic (exact) mass is 210 g/mol. The van der Waals surface area contributed by atoms with Crippen molar-refractivity contribution >= 4 is 11.6 Å². The van der Waals surface area contributed by atoms with E-state index in [0.717, 1.165) is 6.42 Å². The number of hydrogen-bond acceptors (Lipinski definition) is 0.